The summed E-state index contributed by atoms with van der Waals surface area (Å²) in [5.74, 6) is 0.228. The third-order valence-corrected chi connectivity index (χ3v) is 5.48. The summed E-state index contributed by atoms with van der Waals surface area (Å²) in [6.07, 6.45) is 3.92. The van der Waals surface area contributed by atoms with E-state index in [1.807, 2.05) is 24.3 Å². The summed E-state index contributed by atoms with van der Waals surface area (Å²) in [5.41, 5.74) is 7.89. The van der Waals surface area contributed by atoms with Gasteiger partial charge in [-0.25, -0.2) is 4.79 Å². The predicted octanol–water partition coefficient (Wildman–Crippen LogP) is 3.06. The molecule has 1 aliphatic carbocycles. The van der Waals surface area contributed by atoms with Gasteiger partial charge in [-0.05, 0) is 37.3 Å². The van der Waals surface area contributed by atoms with Crippen molar-refractivity contribution in [3.8, 4) is 5.75 Å². The Morgan fingerprint density at radius 3 is 2.76 bits per heavy atom. The fourth-order valence-corrected chi connectivity index (χ4v) is 4.38. The maximum atomic E-state index is 12.3. The van der Waals surface area contributed by atoms with Crippen molar-refractivity contribution in [3.63, 3.8) is 0 Å². The van der Waals surface area contributed by atoms with Gasteiger partial charge in [0.05, 0.1) is 12.7 Å². The van der Waals surface area contributed by atoms with Crippen LogP contribution in [0.15, 0.2) is 24.3 Å². The van der Waals surface area contributed by atoms with Gasteiger partial charge >= 0.3 is 6.03 Å². The number of thiophene rings is 1. The van der Waals surface area contributed by atoms with Crippen molar-refractivity contribution in [2.45, 2.75) is 32.2 Å². The van der Waals surface area contributed by atoms with Crippen LogP contribution >= 0.6 is 11.3 Å². The highest BCUT2D eigenvalue weighted by atomic mass is 32.1. The maximum Gasteiger partial charge on any atom is 0.320 e. The molecule has 1 aromatic heterocycles. The molecule has 2 aromatic rings. The zero-order valence-electron chi connectivity index (χ0n) is 14.1. The average Bonchev–Trinajstić information content (AvgIpc) is 2.98. The molecule has 0 fully saturated rings. The maximum absolute atomic E-state index is 12.3. The van der Waals surface area contributed by atoms with E-state index < -0.39 is 5.91 Å². The van der Waals surface area contributed by atoms with Crippen LogP contribution < -0.4 is 21.1 Å². The number of urea groups is 1. The third kappa shape index (κ3) is 3.76. The van der Waals surface area contributed by atoms with Gasteiger partial charge in [0.25, 0.3) is 5.91 Å². The molecular formula is C18H21N3O3S. The number of primary amides is 1. The second-order valence-corrected chi connectivity index (χ2v) is 7.00. The number of nitrogens with two attached hydrogens (primary N) is 1. The molecule has 3 amide bonds. The van der Waals surface area contributed by atoms with E-state index in [4.69, 9.17) is 10.5 Å². The van der Waals surface area contributed by atoms with E-state index in [2.05, 4.69) is 10.6 Å². The summed E-state index contributed by atoms with van der Waals surface area (Å²) >= 11 is 1.45. The van der Waals surface area contributed by atoms with E-state index in [1.165, 1.54) is 11.3 Å². The van der Waals surface area contributed by atoms with Crippen molar-refractivity contribution in [1.29, 1.82) is 0 Å². The smallest absolute Gasteiger partial charge is 0.320 e. The molecule has 0 spiro atoms. The van der Waals surface area contributed by atoms with Crippen LogP contribution in [0.3, 0.4) is 0 Å². The summed E-state index contributed by atoms with van der Waals surface area (Å²) in [6, 6.07) is 7.12. The molecule has 0 unspecified atom stereocenters. The number of methoxy groups -OCH3 is 1. The van der Waals surface area contributed by atoms with Crippen LogP contribution in [0.4, 0.5) is 9.80 Å². The van der Waals surface area contributed by atoms with Crippen LogP contribution in [0.1, 0.15) is 39.2 Å². The van der Waals surface area contributed by atoms with E-state index >= 15 is 0 Å². The lowest BCUT2D eigenvalue weighted by atomic mass is 9.95. The number of amides is 3. The predicted molar refractivity (Wildman–Crippen MR) is 98.3 cm³/mol. The molecule has 7 heteroatoms. The van der Waals surface area contributed by atoms with Crippen LogP contribution in [-0.2, 0) is 19.4 Å². The van der Waals surface area contributed by atoms with Crippen molar-refractivity contribution in [3.05, 3.63) is 45.8 Å². The Bertz CT molecular complexity index is 801. The van der Waals surface area contributed by atoms with Gasteiger partial charge in [-0.3, -0.25) is 10.1 Å². The molecule has 25 heavy (non-hydrogen) atoms. The topological polar surface area (TPSA) is 93.4 Å². The molecule has 6 nitrogen and oxygen atoms in total. The molecule has 0 bridgehead atoms. The molecule has 1 aromatic carbocycles. The van der Waals surface area contributed by atoms with Crippen molar-refractivity contribution in [2.24, 2.45) is 5.73 Å². The molecular weight excluding hydrogens is 338 g/mol. The summed E-state index contributed by atoms with van der Waals surface area (Å²) in [6.45, 7) is 0.326. The second-order valence-electron chi connectivity index (χ2n) is 5.90. The summed E-state index contributed by atoms with van der Waals surface area (Å²) in [5, 5.41) is 6.12. The first-order chi connectivity index (χ1) is 12.1. The van der Waals surface area contributed by atoms with Gasteiger partial charge in [-0.15, -0.1) is 11.3 Å². The van der Waals surface area contributed by atoms with Crippen LogP contribution in [0.25, 0.3) is 0 Å². The zero-order valence-corrected chi connectivity index (χ0v) is 14.9. The molecule has 1 aliphatic rings. The number of carbonyl (C=O) groups excluding carboxylic acids is 2. The first kappa shape index (κ1) is 17.3. The molecule has 0 atom stereocenters. The molecule has 1 heterocycles. The number of fused-ring (bicyclic) bond motifs is 1. The molecule has 132 valence electrons. The largest absolute Gasteiger partial charge is 0.496 e. The van der Waals surface area contributed by atoms with E-state index in [0.717, 1.165) is 41.7 Å². The number of carbonyl (C=O) groups is 2. The lowest BCUT2D eigenvalue weighted by Gasteiger charge is -2.11. The minimum Gasteiger partial charge on any atom is -0.496 e. The van der Waals surface area contributed by atoms with Crippen molar-refractivity contribution < 1.29 is 14.3 Å². The van der Waals surface area contributed by atoms with Gasteiger partial charge < -0.3 is 15.8 Å². The molecule has 0 aliphatic heterocycles. The number of ether oxygens (including phenoxy) is 1. The van der Waals surface area contributed by atoms with Crippen LogP contribution in [0.5, 0.6) is 5.75 Å². The first-order valence-corrected chi connectivity index (χ1v) is 9.03. The molecule has 0 radical (unpaired) electrons. The number of benzene rings is 1. The zero-order chi connectivity index (χ0) is 17.8. The minimum absolute atomic E-state index is 0.326. The van der Waals surface area contributed by atoms with Gasteiger partial charge in [-0.1, -0.05) is 18.2 Å². The first-order valence-electron chi connectivity index (χ1n) is 8.21. The highest BCUT2D eigenvalue weighted by Gasteiger charge is 2.24. The van der Waals surface area contributed by atoms with E-state index in [9.17, 15) is 9.59 Å². The number of para-hydroxylation sites is 1. The van der Waals surface area contributed by atoms with E-state index in [1.54, 1.807) is 7.11 Å². The summed E-state index contributed by atoms with van der Waals surface area (Å²) in [4.78, 5) is 25.3. The standard InChI is InChI=1S/C18H21N3O3S/c1-24-13-8-4-2-6-11(13)10-20-18(23)21-17-15(16(19)22)12-7-3-5-9-14(12)25-17/h2,4,6,8H,3,5,7,9-10H2,1H3,(H2,19,22)(H2,20,21,23). The monoisotopic (exact) mass is 359 g/mol. The molecule has 3 rings (SSSR count). The Hall–Kier alpha value is -2.54. The minimum atomic E-state index is -0.487. The van der Waals surface area contributed by atoms with Gasteiger partial charge in [0, 0.05) is 17.0 Å². The van der Waals surface area contributed by atoms with Crippen molar-refractivity contribution in [1.82, 2.24) is 5.32 Å². The van der Waals surface area contributed by atoms with E-state index in [0.29, 0.717) is 22.9 Å². The second kappa shape index (κ2) is 7.57. The number of nitrogens with one attached hydrogen (secondary N) is 2. The van der Waals surface area contributed by atoms with Crippen molar-refractivity contribution >= 4 is 28.3 Å². The fourth-order valence-electron chi connectivity index (χ4n) is 3.09. The fraction of sp³-hybridized carbons (Fsp3) is 0.333. The number of hydrogen-bond acceptors (Lipinski definition) is 4. The Kier molecular flexibility index (Phi) is 5.23. The Morgan fingerprint density at radius 1 is 1.24 bits per heavy atom. The summed E-state index contributed by atoms with van der Waals surface area (Å²) < 4.78 is 5.27. The Labute approximate surface area is 150 Å². The normalized spacial score (nSPS) is 13.0. The van der Waals surface area contributed by atoms with Gasteiger partial charge in [0.2, 0.25) is 0 Å². The quantitative estimate of drug-likeness (QED) is 0.766. The van der Waals surface area contributed by atoms with Crippen LogP contribution in [0, 0.1) is 0 Å². The van der Waals surface area contributed by atoms with Crippen molar-refractivity contribution in [2.75, 3.05) is 12.4 Å². The Morgan fingerprint density at radius 2 is 2.00 bits per heavy atom. The Balaban J connectivity index is 1.71. The number of hydrogen-bond donors (Lipinski definition) is 3. The average molecular weight is 359 g/mol. The number of aryl methyl sites for hydroxylation is 1. The molecule has 4 N–H and O–H groups in total. The highest BCUT2D eigenvalue weighted by molar-refractivity contribution is 7.17. The highest BCUT2D eigenvalue weighted by Crippen LogP contribution is 2.37. The number of anilines is 1. The van der Waals surface area contributed by atoms with Gasteiger partial charge in [-0.2, -0.15) is 0 Å². The van der Waals surface area contributed by atoms with Gasteiger partial charge in [0.1, 0.15) is 10.8 Å². The van der Waals surface area contributed by atoms with Gasteiger partial charge in [0.15, 0.2) is 0 Å². The molecule has 0 saturated heterocycles. The third-order valence-electron chi connectivity index (χ3n) is 4.28. The van der Waals surface area contributed by atoms with Crippen LogP contribution in [-0.4, -0.2) is 19.0 Å². The van der Waals surface area contributed by atoms with Crippen LogP contribution in [0.2, 0.25) is 0 Å². The van der Waals surface area contributed by atoms with E-state index in [-0.39, 0.29) is 6.03 Å². The number of rotatable bonds is 5. The summed E-state index contributed by atoms with van der Waals surface area (Å²) in [7, 11) is 1.59. The molecule has 0 saturated carbocycles. The SMILES string of the molecule is COc1ccccc1CNC(=O)Nc1sc2c(c1C(N)=O)CCCC2. The lowest BCUT2D eigenvalue weighted by Crippen LogP contribution is -2.29. The lowest BCUT2D eigenvalue weighted by molar-refractivity contribution is 0.100.